The summed E-state index contributed by atoms with van der Waals surface area (Å²) in [6, 6.07) is 7.22. The largest absolute Gasteiger partial charge is 0.387 e. The second-order valence-electron chi connectivity index (χ2n) is 4.38. The maximum absolute atomic E-state index is 9.98. The SMILES string of the molecule is Cn1cnnc1CCNCC(O)c1ccc(Cl)cc1. The Hall–Kier alpha value is -1.43. The minimum Gasteiger partial charge on any atom is -0.387 e. The van der Waals surface area contributed by atoms with Crippen LogP contribution in [0.3, 0.4) is 0 Å². The van der Waals surface area contributed by atoms with Crippen LogP contribution in [0.25, 0.3) is 0 Å². The third kappa shape index (κ3) is 4.02. The van der Waals surface area contributed by atoms with Gasteiger partial charge in [0.05, 0.1) is 6.10 Å². The molecule has 0 saturated carbocycles. The van der Waals surface area contributed by atoms with Gasteiger partial charge < -0.3 is 15.0 Å². The molecule has 2 aromatic rings. The molecule has 0 spiro atoms. The van der Waals surface area contributed by atoms with Gasteiger partial charge in [-0.3, -0.25) is 0 Å². The zero-order valence-electron chi connectivity index (χ0n) is 10.8. The molecule has 0 amide bonds. The van der Waals surface area contributed by atoms with Crippen molar-refractivity contribution < 1.29 is 5.11 Å². The summed E-state index contributed by atoms with van der Waals surface area (Å²) in [5, 5.41) is 21.7. The number of aliphatic hydroxyl groups is 1. The highest BCUT2D eigenvalue weighted by Crippen LogP contribution is 2.15. The van der Waals surface area contributed by atoms with E-state index in [9.17, 15) is 5.11 Å². The first-order chi connectivity index (χ1) is 9.16. The van der Waals surface area contributed by atoms with E-state index in [2.05, 4.69) is 15.5 Å². The average molecular weight is 281 g/mol. The van der Waals surface area contributed by atoms with E-state index in [1.54, 1.807) is 18.5 Å². The molecule has 1 atom stereocenters. The van der Waals surface area contributed by atoms with E-state index in [1.165, 1.54) is 0 Å². The number of nitrogens with one attached hydrogen (secondary N) is 1. The second kappa shape index (κ2) is 6.65. The van der Waals surface area contributed by atoms with Crippen LogP contribution in [-0.2, 0) is 13.5 Å². The number of aliphatic hydroxyl groups excluding tert-OH is 1. The van der Waals surface area contributed by atoms with Gasteiger partial charge in [-0.25, -0.2) is 0 Å². The summed E-state index contributed by atoms with van der Waals surface area (Å²) in [4.78, 5) is 0. The van der Waals surface area contributed by atoms with E-state index in [4.69, 9.17) is 11.6 Å². The van der Waals surface area contributed by atoms with Crippen molar-refractivity contribution in [2.24, 2.45) is 7.05 Å². The molecule has 0 radical (unpaired) electrons. The van der Waals surface area contributed by atoms with Crippen molar-refractivity contribution in [2.75, 3.05) is 13.1 Å². The van der Waals surface area contributed by atoms with Gasteiger partial charge in [-0.1, -0.05) is 23.7 Å². The zero-order chi connectivity index (χ0) is 13.7. The minimum absolute atomic E-state index is 0.499. The summed E-state index contributed by atoms with van der Waals surface area (Å²) in [7, 11) is 1.91. The highest BCUT2D eigenvalue weighted by molar-refractivity contribution is 6.30. The van der Waals surface area contributed by atoms with Gasteiger partial charge in [0.15, 0.2) is 0 Å². The zero-order valence-corrected chi connectivity index (χ0v) is 11.5. The number of aromatic nitrogens is 3. The molecule has 0 bridgehead atoms. The Kier molecular flexibility index (Phi) is 4.90. The summed E-state index contributed by atoms with van der Waals surface area (Å²) in [6.07, 6.45) is 1.93. The Bertz CT molecular complexity index is 512. The predicted molar refractivity (Wildman–Crippen MR) is 74.0 cm³/mol. The summed E-state index contributed by atoms with van der Waals surface area (Å²) >= 11 is 5.80. The smallest absolute Gasteiger partial charge is 0.133 e. The molecule has 0 aliphatic heterocycles. The fourth-order valence-electron chi connectivity index (χ4n) is 1.78. The highest BCUT2D eigenvalue weighted by Gasteiger charge is 2.07. The topological polar surface area (TPSA) is 63.0 Å². The minimum atomic E-state index is -0.531. The van der Waals surface area contributed by atoms with Crippen molar-refractivity contribution in [3.8, 4) is 0 Å². The molecule has 6 heteroatoms. The lowest BCUT2D eigenvalue weighted by molar-refractivity contribution is 0.175. The molecule has 19 heavy (non-hydrogen) atoms. The number of hydrogen-bond donors (Lipinski definition) is 2. The van der Waals surface area contributed by atoms with E-state index in [0.29, 0.717) is 11.6 Å². The van der Waals surface area contributed by atoms with Crippen LogP contribution in [0.4, 0.5) is 0 Å². The van der Waals surface area contributed by atoms with Crippen LogP contribution in [0.5, 0.6) is 0 Å². The first kappa shape index (κ1) is 14.0. The fourth-order valence-corrected chi connectivity index (χ4v) is 1.90. The molecule has 1 unspecified atom stereocenters. The Morgan fingerprint density at radius 3 is 2.74 bits per heavy atom. The monoisotopic (exact) mass is 280 g/mol. The maximum Gasteiger partial charge on any atom is 0.133 e. The van der Waals surface area contributed by atoms with Crippen LogP contribution in [0.15, 0.2) is 30.6 Å². The second-order valence-corrected chi connectivity index (χ2v) is 4.82. The molecule has 102 valence electrons. The molecule has 0 aliphatic rings. The van der Waals surface area contributed by atoms with Crippen LogP contribution in [-0.4, -0.2) is 33.0 Å². The molecule has 2 N–H and O–H groups in total. The van der Waals surface area contributed by atoms with Crippen LogP contribution < -0.4 is 5.32 Å². The maximum atomic E-state index is 9.98. The van der Waals surface area contributed by atoms with Gasteiger partial charge >= 0.3 is 0 Å². The molecule has 1 aromatic carbocycles. The lowest BCUT2D eigenvalue weighted by Crippen LogP contribution is -2.24. The van der Waals surface area contributed by atoms with E-state index in [-0.39, 0.29) is 0 Å². The highest BCUT2D eigenvalue weighted by atomic mass is 35.5. The summed E-state index contributed by atoms with van der Waals surface area (Å²) in [5.74, 6) is 0.925. The van der Waals surface area contributed by atoms with E-state index in [1.807, 2.05) is 23.7 Å². The van der Waals surface area contributed by atoms with Crippen molar-refractivity contribution in [2.45, 2.75) is 12.5 Å². The van der Waals surface area contributed by atoms with Gasteiger partial charge in [-0.2, -0.15) is 0 Å². The molecular formula is C13H17ClN4O. The van der Waals surface area contributed by atoms with E-state index < -0.39 is 6.10 Å². The Morgan fingerprint density at radius 2 is 2.11 bits per heavy atom. The fraction of sp³-hybridized carbons (Fsp3) is 0.385. The third-order valence-electron chi connectivity index (χ3n) is 2.92. The van der Waals surface area contributed by atoms with Gasteiger partial charge in [0.1, 0.15) is 12.2 Å². The van der Waals surface area contributed by atoms with Crippen molar-refractivity contribution >= 4 is 11.6 Å². The third-order valence-corrected chi connectivity index (χ3v) is 3.17. The molecule has 1 heterocycles. The Balaban J connectivity index is 1.73. The number of halogens is 1. The number of hydrogen-bond acceptors (Lipinski definition) is 4. The van der Waals surface area contributed by atoms with Crippen molar-refractivity contribution in [3.05, 3.63) is 47.0 Å². The summed E-state index contributed by atoms with van der Waals surface area (Å²) < 4.78 is 1.89. The van der Waals surface area contributed by atoms with E-state index >= 15 is 0 Å². The van der Waals surface area contributed by atoms with Gasteiger partial charge in [0.25, 0.3) is 0 Å². The van der Waals surface area contributed by atoms with Crippen molar-refractivity contribution in [1.82, 2.24) is 20.1 Å². The van der Waals surface area contributed by atoms with Crippen LogP contribution in [0, 0.1) is 0 Å². The first-order valence-corrected chi connectivity index (χ1v) is 6.51. The Labute approximate surface area is 117 Å². The lowest BCUT2D eigenvalue weighted by Gasteiger charge is -2.12. The number of nitrogens with zero attached hydrogens (tertiary/aromatic N) is 3. The van der Waals surface area contributed by atoms with Crippen LogP contribution in [0.2, 0.25) is 5.02 Å². The van der Waals surface area contributed by atoms with Gasteiger partial charge in [0, 0.05) is 31.6 Å². The lowest BCUT2D eigenvalue weighted by atomic mass is 10.1. The molecule has 5 nitrogen and oxygen atoms in total. The quantitative estimate of drug-likeness (QED) is 0.784. The average Bonchev–Trinajstić information content (AvgIpc) is 2.81. The summed E-state index contributed by atoms with van der Waals surface area (Å²) in [6.45, 7) is 1.25. The standard InChI is InChI=1S/C13H17ClN4O/c1-18-9-16-17-13(18)6-7-15-8-12(19)10-2-4-11(14)5-3-10/h2-5,9,12,15,19H,6-8H2,1H3. The van der Waals surface area contributed by atoms with Gasteiger partial charge in [-0.05, 0) is 17.7 Å². The number of rotatable bonds is 6. The van der Waals surface area contributed by atoms with Crippen LogP contribution >= 0.6 is 11.6 Å². The predicted octanol–water partition coefficient (Wildman–Crippen LogP) is 1.33. The number of benzene rings is 1. The van der Waals surface area contributed by atoms with Crippen molar-refractivity contribution in [1.29, 1.82) is 0 Å². The molecule has 1 aromatic heterocycles. The van der Waals surface area contributed by atoms with Crippen molar-refractivity contribution in [3.63, 3.8) is 0 Å². The molecule has 0 aliphatic carbocycles. The normalized spacial score (nSPS) is 12.6. The first-order valence-electron chi connectivity index (χ1n) is 6.14. The summed E-state index contributed by atoms with van der Waals surface area (Å²) in [5.41, 5.74) is 0.857. The number of aryl methyl sites for hydroxylation is 1. The molecule has 2 rings (SSSR count). The molecule has 0 fully saturated rings. The Morgan fingerprint density at radius 1 is 1.37 bits per heavy atom. The van der Waals surface area contributed by atoms with Gasteiger partial charge in [0.2, 0.25) is 0 Å². The van der Waals surface area contributed by atoms with E-state index in [0.717, 1.165) is 24.4 Å². The molecular weight excluding hydrogens is 264 g/mol. The molecule has 0 saturated heterocycles. The van der Waals surface area contributed by atoms with Crippen LogP contribution in [0.1, 0.15) is 17.5 Å². The van der Waals surface area contributed by atoms with Gasteiger partial charge in [-0.15, -0.1) is 10.2 Å².